The Morgan fingerprint density at radius 3 is 2.79 bits per heavy atom. The number of rotatable bonds is 4. The number of carbonyl (C=O) groups excluding carboxylic acids is 1. The first-order chi connectivity index (χ1) is 13.4. The smallest absolute Gasteiger partial charge is 0.260 e. The Bertz CT molecular complexity index is 993. The molecule has 0 radical (unpaired) electrons. The third-order valence-corrected chi connectivity index (χ3v) is 4.94. The highest BCUT2D eigenvalue weighted by molar-refractivity contribution is 6.00. The molecule has 3 aromatic heterocycles. The number of ether oxygens (including phenoxy) is 1. The lowest BCUT2D eigenvalue weighted by atomic mass is 9.99. The molecule has 1 aliphatic heterocycles. The highest BCUT2D eigenvalue weighted by atomic mass is 16.5. The summed E-state index contributed by atoms with van der Waals surface area (Å²) in [7, 11) is 5.88. The van der Waals surface area contributed by atoms with Crippen molar-refractivity contribution in [3.05, 3.63) is 47.7 Å². The quantitative estimate of drug-likeness (QED) is 0.666. The third kappa shape index (κ3) is 3.38. The SMILES string of the molecule is Cc1cnc2c(C(=O)N3CCO[C@@H](CN(C)C)[C@@H]3c3cnn(C)c3)cnn2c1. The summed E-state index contributed by atoms with van der Waals surface area (Å²) in [6.45, 7) is 3.65. The maximum atomic E-state index is 13.5. The van der Waals surface area contributed by atoms with Crippen molar-refractivity contribution in [2.45, 2.75) is 19.1 Å². The summed E-state index contributed by atoms with van der Waals surface area (Å²) in [5.41, 5.74) is 3.01. The van der Waals surface area contributed by atoms with Crippen LogP contribution in [0, 0.1) is 6.92 Å². The fraction of sp³-hybridized carbons (Fsp3) is 0.474. The predicted octanol–water partition coefficient (Wildman–Crippen LogP) is 0.915. The number of aryl methyl sites for hydroxylation is 2. The Balaban J connectivity index is 1.73. The van der Waals surface area contributed by atoms with E-state index >= 15 is 0 Å². The summed E-state index contributed by atoms with van der Waals surface area (Å²) >= 11 is 0. The minimum Gasteiger partial charge on any atom is -0.373 e. The van der Waals surface area contributed by atoms with Gasteiger partial charge in [0.25, 0.3) is 5.91 Å². The summed E-state index contributed by atoms with van der Waals surface area (Å²) < 4.78 is 9.46. The van der Waals surface area contributed by atoms with Gasteiger partial charge < -0.3 is 14.5 Å². The van der Waals surface area contributed by atoms with Crippen LogP contribution in [0.1, 0.15) is 27.5 Å². The molecule has 2 atom stereocenters. The average Bonchev–Trinajstić information content (AvgIpc) is 3.26. The van der Waals surface area contributed by atoms with Gasteiger partial charge in [0.05, 0.1) is 31.1 Å². The van der Waals surface area contributed by atoms with Gasteiger partial charge in [-0.25, -0.2) is 9.50 Å². The Morgan fingerprint density at radius 1 is 1.25 bits per heavy atom. The molecule has 0 N–H and O–H groups in total. The molecule has 0 saturated carbocycles. The molecule has 0 bridgehead atoms. The summed E-state index contributed by atoms with van der Waals surface area (Å²) in [4.78, 5) is 21.9. The first kappa shape index (κ1) is 18.6. The zero-order chi connectivity index (χ0) is 19.8. The van der Waals surface area contributed by atoms with Gasteiger partial charge in [0.15, 0.2) is 5.65 Å². The average molecular weight is 383 g/mol. The Hall–Kier alpha value is -2.78. The van der Waals surface area contributed by atoms with Crippen molar-refractivity contribution in [2.24, 2.45) is 7.05 Å². The summed E-state index contributed by atoms with van der Waals surface area (Å²) in [6.07, 6.45) is 8.82. The summed E-state index contributed by atoms with van der Waals surface area (Å²) in [5, 5.41) is 8.62. The first-order valence-electron chi connectivity index (χ1n) is 9.30. The molecule has 9 nitrogen and oxygen atoms in total. The fourth-order valence-corrected chi connectivity index (χ4v) is 3.73. The van der Waals surface area contributed by atoms with Gasteiger partial charge in [0.1, 0.15) is 5.56 Å². The molecule has 4 rings (SSSR count). The molecule has 0 aromatic carbocycles. The van der Waals surface area contributed by atoms with E-state index < -0.39 is 0 Å². The van der Waals surface area contributed by atoms with Crippen LogP contribution in [0.4, 0.5) is 0 Å². The van der Waals surface area contributed by atoms with E-state index in [1.807, 2.05) is 45.4 Å². The molecule has 1 aliphatic rings. The lowest BCUT2D eigenvalue weighted by Crippen LogP contribution is -2.51. The molecule has 1 amide bonds. The molecule has 0 unspecified atom stereocenters. The molecule has 0 spiro atoms. The van der Waals surface area contributed by atoms with Crippen molar-refractivity contribution in [3.63, 3.8) is 0 Å². The van der Waals surface area contributed by atoms with Crippen molar-refractivity contribution in [3.8, 4) is 0 Å². The van der Waals surface area contributed by atoms with Crippen LogP contribution in [0.3, 0.4) is 0 Å². The predicted molar refractivity (Wildman–Crippen MR) is 103 cm³/mol. The highest BCUT2D eigenvalue weighted by Crippen LogP contribution is 2.31. The number of nitrogens with zero attached hydrogens (tertiary/aromatic N) is 7. The fourth-order valence-electron chi connectivity index (χ4n) is 3.73. The summed E-state index contributed by atoms with van der Waals surface area (Å²) in [6, 6.07) is -0.224. The second kappa shape index (κ2) is 7.33. The number of likely N-dealkylation sites (N-methyl/N-ethyl adjacent to an activating group) is 1. The number of carbonyl (C=O) groups is 1. The molecular formula is C19H25N7O2. The van der Waals surface area contributed by atoms with E-state index in [9.17, 15) is 4.79 Å². The van der Waals surface area contributed by atoms with E-state index in [0.29, 0.717) is 30.9 Å². The van der Waals surface area contributed by atoms with Crippen LogP contribution in [0.15, 0.2) is 31.0 Å². The molecule has 1 fully saturated rings. The summed E-state index contributed by atoms with van der Waals surface area (Å²) in [5.74, 6) is -0.0905. The van der Waals surface area contributed by atoms with E-state index in [1.54, 1.807) is 27.8 Å². The van der Waals surface area contributed by atoms with Crippen molar-refractivity contribution < 1.29 is 9.53 Å². The standard InChI is InChI=1S/C19H25N7O2/c1-13-7-20-18-15(9-22-26(18)10-13)19(27)25-5-6-28-16(12-23(2)3)17(25)14-8-21-24(4)11-14/h7-11,16-17H,5-6,12H2,1-4H3/t16-,17-/m0/s1. The molecular weight excluding hydrogens is 358 g/mol. The lowest BCUT2D eigenvalue weighted by Gasteiger charge is -2.41. The largest absolute Gasteiger partial charge is 0.373 e. The van der Waals surface area contributed by atoms with Gasteiger partial charge in [-0.15, -0.1) is 0 Å². The number of fused-ring (bicyclic) bond motifs is 1. The Morgan fingerprint density at radius 2 is 2.07 bits per heavy atom. The number of aromatic nitrogens is 5. The monoisotopic (exact) mass is 383 g/mol. The molecule has 9 heteroatoms. The molecule has 4 heterocycles. The van der Waals surface area contributed by atoms with Gasteiger partial charge in [0.2, 0.25) is 0 Å². The second-order valence-corrected chi connectivity index (χ2v) is 7.52. The van der Waals surface area contributed by atoms with Crippen LogP contribution in [0.25, 0.3) is 5.65 Å². The number of hydrogen-bond donors (Lipinski definition) is 0. The van der Waals surface area contributed by atoms with E-state index in [2.05, 4.69) is 20.1 Å². The topological polar surface area (TPSA) is 80.8 Å². The molecule has 1 saturated heterocycles. The van der Waals surface area contributed by atoms with Crippen LogP contribution in [-0.4, -0.2) is 80.0 Å². The van der Waals surface area contributed by atoms with Crippen LogP contribution in [-0.2, 0) is 11.8 Å². The maximum absolute atomic E-state index is 13.5. The minimum atomic E-state index is -0.224. The van der Waals surface area contributed by atoms with Gasteiger partial charge in [-0.3, -0.25) is 9.48 Å². The number of amides is 1. The third-order valence-electron chi connectivity index (χ3n) is 4.94. The zero-order valence-electron chi connectivity index (χ0n) is 16.6. The van der Waals surface area contributed by atoms with E-state index in [1.165, 1.54) is 0 Å². The van der Waals surface area contributed by atoms with Gasteiger partial charge in [-0.05, 0) is 26.6 Å². The van der Waals surface area contributed by atoms with E-state index in [-0.39, 0.29) is 18.1 Å². The molecule has 3 aromatic rings. The van der Waals surface area contributed by atoms with Crippen LogP contribution < -0.4 is 0 Å². The van der Waals surface area contributed by atoms with Crippen molar-refractivity contribution >= 4 is 11.6 Å². The van der Waals surface area contributed by atoms with Crippen LogP contribution in [0.2, 0.25) is 0 Å². The number of hydrogen-bond acceptors (Lipinski definition) is 6. The highest BCUT2D eigenvalue weighted by Gasteiger charge is 2.38. The van der Waals surface area contributed by atoms with Gasteiger partial charge in [-0.2, -0.15) is 10.2 Å². The number of morpholine rings is 1. The van der Waals surface area contributed by atoms with Crippen molar-refractivity contribution in [2.75, 3.05) is 33.8 Å². The van der Waals surface area contributed by atoms with Crippen molar-refractivity contribution in [1.29, 1.82) is 0 Å². The van der Waals surface area contributed by atoms with E-state index in [4.69, 9.17) is 4.74 Å². The van der Waals surface area contributed by atoms with Gasteiger partial charge in [-0.1, -0.05) is 0 Å². The van der Waals surface area contributed by atoms with Crippen LogP contribution in [0.5, 0.6) is 0 Å². The molecule has 0 aliphatic carbocycles. The molecule has 28 heavy (non-hydrogen) atoms. The Labute approximate surface area is 163 Å². The Kier molecular flexibility index (Phi) is 4.86. The minimum absolute atomic E-state index is 0.0905. The van der Waals surface area contributed by atoms with Gasteiger partial charge in [0, 0.05) is 44.3 Å². The molecule has 148 valence electrons. The zero-order valence-corrected chi connectivity index (χ0v) is 16.6. The van der Waals surface area contributed by atoms with E-state index in [0.717, 1.165) is 11.1 Å². The van der Waals surface area contributed by atoms with Gasteiger partial charge >= 0.3 is 0 Å². The lowest BCUT2D eigenvalue weighted by molar-refractivity contribution is -0.0684. The normalized spacial score (nSPS) is 20.2. The second-order valence-electron chi connectivity index (χ2n) is 7.52. The van der Waals surface area contributed by atoms with Crippen molar-refractivity contribution in [1.82, 2.24) is 34.2 Å². The van der Waals surface area contributed by atoms with Crippen LogP contribution >= 0.6 is 0 Å². The first-order valence-corrected chi connectivity index (χ1v) is 9.30. The maximum Gasteiger partial charge on any atom is 0.260 e.